The third-order valence-corrected chi connectivity index (χ3v) is 5.62. The molecule has 0 spiro atoms. The topological polar surface area (TPSA) is 27.7 Å². The van der Waals surface area contributed by atoms with Crippen LogP contribution in [0.15, 0.2) is 0 Å². The largest absolute Gasteiger partial charge is 0.327 e. The highest BCUT2D eigenvalue weighted by molar-refractivity contribution is 4.70. The van der Waals surface area contributed by atoms with E-state index in [4.69, 9.17) is 14.2 Å². The van der Waals surface area contributed by atoms with E-state index in [1.165, 1.54) is 70.6 Å². The van der Waals surface area contributed by atoms with Crippen molar-refractivity contribution < 1.29 is 14.2 Å². The molecule has 0 N–H and O–H groups in total. The van der Waals surface area contributed by atoms with E-state index in [1.807, 2.05) is 0 Å². The van der Waals surface area contributed by atoms with E-state index in [1.54, 1.807) is 0 Å². The van der Waals surface area contributed by atoms with E-state index in [2.05, 4.69) is 20.8 Å². The van der Waals surface area contributed by atoms with Crippen LogP contribution in [0.4, 0.5) is 0 Å². The molecule has 1 rings (SSSR count). The molecule has 0 aromatic heterocycles. The molecule has 1 unspecified atom stereocenters. The number of hydrogen-bond donors (Lipinski definition) is 0. The van der Waals surface area contributed by atoms with Crippen LogP contribution in [0, 0.1) is 0 Å². The first-order valence-corrected chi connectivity index (χ1v) is 12.2. The van der Waals surface area contributed by atoms with Crippen molar-refractivity contribution in [2.24, 2.45) is 0 Å². The van der Waals surface area contributed by atoms with Crippen LogP contribution in [-0.4, -0.2) is 25.3 Å². The number of unbranched alkanes of at least 4 members (excludes halogenated alkanes) is 8. The van der Waals surface area contributed by atoms with E-state index in [0.29, 0.717) is 6.10 Å². The standard InChI is InChI=1S/C24H48O3/c1-4-7-10-15-20-24(25-21-16-9-6-3,26-22-17-11-8-5-2)27-23-18-13-12-14-19-23/h23H,4-22H2,1-3H3. The first-order chi connectivity index (χ1) is 13.3. The second kappa shape index (κ2) is 16.8. The van der Waals surface area contributed by atoms with E-state index in [-0.39, 0.29) is 0 Å². The molecular weight excluding hydrogens is 336 g/mol. The summed E-state index contributed by atoms with van der Waals surface area (Å²) in [6.45, 7) is 8.26. The summed E-state index contributed by atoms with van der Waals surface area (Å²) in [6.07, 6.45) is 20.7. The average Bonchev–Trinajstić information content (AvgIpc) is 2.69. The first kappa shape index (κ1) is 24.9. The highest BCUT2D eigenvalue weighted by Crippen LogP contribution is 2.31. The van der Waals surface area contributed by atoms with Gasteiger partial charge in [0.1, 0.15) is 0 Å². The van der Waals surface area contributed by atoms with Crippen LogP contribution < -0.4 is 0 Å². The number of ether oxygens (including phenoxy) is 3. The molecule has 1 saturated carbocycles. The fourth-order valence-electron chi connectivity index (χ4n) is 3.85. The molecule has 1 atom stereocenters. The summed E-state index contributed by atoms with van der Waals surface area (Å²) in [5.74, 6) is -0.796. The molecule has 1 aliphatic rings. The summed E-state index contributed by atoms with van der Waals surface area (Å²) in [6, 6.07) is 0. The molecule has 1 aliphatic carbocycles. The number of rotatable bonds is 18. The lowest BCUT2D eigenvalue weighted by Crippen LogP contribution is -2.43. The maximum Gasteiger partial charge on any atom is 0.283 e. The first-order valence-electron chi connectivity index (χ1n) is 12.2. The third kappa shape index (κ3) is 12.1. The highest BCUT2D eigenvalue weighted by atomic mass is 16.9. The molecule has 0 bridgehead atoms. The van der Waals surface area contributed by atoms with E-state index >= 15 is 0 Å². The molecule has 0 heterocycles. The van der Waals surface area contributed by atoms with Crippen LogP contribution in [0.3, 0.4) is 0 Å². The zero-order valence-electron chi connectivity index (χ0n) is 18.7. The van der Waals surface area contributed by atoms with Crippen molar-refractivity contribution in [2.45, 2.75) is 142 Å². The van der Waals surface area contributed by atoms with Gasteiger partial charge in [0.05, 0.1) is 19.3 Å². The Morgan fingerprint density at radius 3 is 1.74 bits per heavy atom. The molecule has 27 heavy (non-hydrogen) atoms. The molecule has 0 aromatic rings. The Bertz CT molecular complexity index is 301. The van der Waals surface area contributed by atoms with Gasteiger partial charge in [-0.15, -0.1) is 0 Å². The van der Waals surface area contributed by atoms with Crippen LogP contribution in [0.25, 0.3) is 0 Å². The lowest BCUT2D eigenvalue weighted by Gasteiger charge is -2.38. The molecule has 3 heteroatoms. The van der Waals surface area contributed by atoms with Gasteiger partial charge in [0.15, 0.2) is 0 Å². The fourth-order valence-corrected chi connectivity index (χ4v) is 3.85. The Balaban J connectivity index is 2.65. The molecule has 0 aliphatic heterocycles. The third-order valence-electron chi connectivity index (χ3n) is 5.62. The smallest absolute Gasteiger partial charge is 0.283 e. The van der Waals surface area contributed by atoms with Crippen molar-refractivity contribution in [1.29, 1.82) is 0 Å². The van der Waals surface area contributed by atoms with Gasteiger partial charge < -0.3 is 14.2 Å². The van der Waals surface area contributed by atoms with Gasteiger partial charge in [-0.05, 0) is 32.1 Å². The minimum Gasteiger partial charge on any atom is -0.327 e. The van der Waals surface area contributed by atoms with E-state index in [9.17, 15) is 0 Å². The van der Waals surface area contributed by atoms with Gasteiger partial charge in [-0.2, -0.15) is 0 Å². The Morgan fingerprint density at radius 2 is 1.15 bits per heavy atom. The van der Waals surface area contributed by atoms with Crippen molar-refractivity contribution in [3.8, 4) is 0 Å². The SMILES string of the molecule is CCCCCCOC(CCCCCC)(OCCCCC)OC1CCCCC1. The molecule has 0 radical (unpaired) electrons. The quantitative estimate of drug-likeness (QED) is 0.178. The van der Waals surface area contributed by atoms with Crippen LogP contribution in [0.5, 0.6) is 0 Å². The van der Waals surface area contributed by atoms with E-state index < -0.39 is 5.97 Å². The highest BCUT2D eigenvalue weighted by Gasteiger charge is 2.36. The summed E-state index contributed by atoms with van der Waals surface area (Å²) < 4.78 is 19.4. The fraction of sp³-hybridized carbons (Fsp3) is 1.00. The molecule has 0 saturated heterocycles. The Kier molecular flexibility index (Phi) is 15.5. The van der Waals surface area contributed by atoms with Gasteiger partial charge in [0.25, 0.3) is 5.97 Å². The summed E-state index contributed by atoms with van der Waals surface area (Å²) in [4.78, 5) is 0. The molecule has 1 fully saturated rings. The predicted molar refractivity (Wildman–Crippen MR) is 115 cm³/mol. The molecular formula is C24H48O3. The normalized spacial score (nSPS) is 17.9. The van der Waals surface area contributed by atoms with Crippen LogP contribution in [0.1, 0.15) is 130 Å². The maximum absolute atomic E-state index is 6.60. The van der Waals surface area contributed by atoms with Crippen LogP contribution in [0.2, 0.25) is 0 Å². The van der Waals surface area contributed by atoms with Crippen molar-refractivity contribution in [3.05, 3.63) is 0 Å². The van der Waals surface area contributed by atoms with Crippen LogP contribution >= 0.6 is 0 Å². The zero-order valence-corrected chi connectivity index (χ0v) is 18.7. The Labute approximate surface area is 169 Å². The van der Waals surface area contributed by atoms with Gasteiger partial charge in [-0.25, -0.2) is 0 Å². The minimum atomic E-state index is -0.796. The van der Waals surface area contributed by atoms with Crippen molar-refractivity contribution in [3.63, 3.8) is 0 Å². The second-order valence-electron chi connectivity index (χ2n) is 8.34. The Morgan fingerprint density at radius 1 is 0.630 bits per heavy atom. The van der Waals surface area contributed by atoms with Gasteiger partial charge >= 0.3 is 0 Å². The number of hydrogen-bond acceptors (Lipinski definition) is 3. The summed E-state index contributed by atoms with van der Waals surface area (Å²) in [5, 5.41) is 0. The molecule has 0 aromatic carbocycles. The molecule has 3 nitrogen and oxygen atoms in total. The van der Waals surface area contributed by atoms with Crippen molar-refractivity contribution in [1.82, 2.24) is 0 Å². The van der Waals surface area contributed by atoms with Gasteiger partial charge in [-0.3, -0.25) is 0 Å². The van der Waals surface area contributed by atoms with E-state index in [0.717, 1.165) is 51.7 Å². The second-order valence-corrected chi connectivity index (χ2v) is 8.34. The summed E-state index contributed by atoms with van der Waals surface area (Å²) in [7, 11) is 0. The lowest BCUT2D eigenvalue weighted by molar-refractivity contribution is -0.399. The van der Waals surface area contributed by atoms with Gasteiger partial charge in [0, 0.05) is 6.42 Å². The van der Waals surface area contributed by atoms with Crippen molar-refractivity contribution >= 4 is 0 Å². The minimum absolute atomic E-state index is 0.312. The molecule has 162 valence electrons. The lowest BCUT2D eigenvalue weighted by atomic mass is 9.97. The maximum atomic E-state index is 6.60. The zero-order chi connectivity index (χ0) is 19.6. The summed E-state index contributed by atoms with van der Waals surface area (Å²) in [5.41, 5.74) is 0. The predicted octanol–water partition coefficient (Wildman–Crippen LogP) is 7.76. The van der Waals surface area contributed by atoms with Gasteiger partial charge in [-0.1, -0.05) is 91.4 Å². The van der Waals surface area contributed by atoms with Crippen molar-refractivity contribution in [2.75, 3.05) is 13.2 Å². The Hall–Kier alpha value is -0.120. The average molecular weight is 385 g/mol. The summed E-state index contributed by atoms with van der Waals surface area (Å²) >= 11 is 0. The van der Waals surface area contributed by atoms with Gasteiger partial charge in [0.2, 0.25) is 0 Å². The molecule has 0 amide bonds. The monoisotopic (exact) mass is 384 g/mol. The van der Waals surface area contributed by atoms with Crippen LogP contribution in [-0.2, 0) is 14.2 Å².